The van der Waals surface area contributed by atoms with E-state index >= 15 is 0 Å². The highest BCUT2D eigenvalue weighted by molar-refractivity contribution is 7.92. The van der Waals surface area contributed by atoms with Crippen molar-refractivity contribution in [3.05, 3.63) is 45.3 Å². The van der Waals surface area contributed by atoms with E-state index < -0.39 is 43.8 Å². The highest BCUT2D eigenvalue weighted by atomic mass is 32.2. The molecule has 1 aromatic carbocycles. The molecule has 0 aliphatic carbocycles. The van der Waals surface area contributed by atoms with Crippen molar-refractivity contribution in [3.63, 3.8) is 0 Å². The summed E-state index contributed by atoms with van der Waals surface area (Å²) in [5.74, 6) is 3.15. The second-order valence-corrected chi connectivity index (χ2v) is 8.75. The summed E-state index contributed by atoms with van der Waals surface area (Å²) in [6.07, 6.45) is -0.637. The number of amides is 1. The number of carbonyl (C=O) groups is 1. The number of rotatable bonds is 5. The zero-order valence-electron chi connectivity index (χ0n) is 14.9. The number of benzene rings is 1. The van der Waals surface area contributed by atoms with E-state index in [-0.39, 0.29) is 17.7 Å². The van der Waals surface area contributed by atoms with Gasteiger partial charge in [-0.2, -0.15) is 0 Å². The summed E-state index contributed by atoms with van der Waals surface area (Å²) in [4.78, 5) is 26.6. The first-order valence-corrected chi connectivity index (χ1v) is 9.72. The Kier molecular flexibility index (Phi) is 5.65. The maximum Gasteiger partial charge on any atom is 0.465 e. The molecule has 0 N–H and O–H groups in total. The van der Waals surface area contributed by atoms with Gasteiger partial charge in [0.2, 0.25) is 4.75 Å². The Labute approximate surface area is 155 Å². The van der Waals surface area contributed by atoms with Crippen molar-refractivity contribution >= 4 is 21.5 Å². The number of hydrogen-bond acceptors (Lipinski definition) is 7. The molecule has 0 saturated heterocycles. The van der Waals surface area contributed by atoms with Crippen molar-refractivity contribution in [1.29, 1.82) is 0 Å². The Morgan fingerprint density at radius 1 is 1.52 bits per heavy atom. The molecule has 1 amide bonds. The summed E-state index contributed by atoms with van der Waals surface area (Å²) in [5, 5.41) is 14.6. The summed E-state index contributed by atoms with van der Waals surface area (Å²) in [5.41, 5.74) is 0.856. The molecule has 2 atom stereocenters. The second-order valence-electron chi connectivity index (χ2n) is 6.31. The van der Waals surface area contributed by atoms with E-state index in [2.05, 4.69) is 17.0 Å². The fourth-order valence-electron chi connectivity index (χ4n) is 2.69. The maximum atomic E-state index is 14.3. The summed E-state index contributed by atoms with van der Waals surface area (Å²) in [6, 6.07) is 4.30. The molecule has 0 unspecified atom stereocenters. The van der Waals surface area contributed by atoms with Crippen LogP contribution in [0.15, 0.2) is 23.4 Å². The van der Waals surface area contributed by atoms with E-state index in [1.807, 2.05) is 0 Å². The molecule has 0 bridgehead atoms. The molecule has 144 valence electrons. The van der Waals surface area contributed by atoms with Gasteiger partial charge >= 0.3 is 5.91 Å². The summed E-state index contributed by atoms with van der Waals surface area (Å²) in [6.45, 7) is 2.60. The van der Waals surface area contributed by atoms with Crippen LogP contribution in [0.2, 0.25) is 0 Å². The molecular formula is C17H17FN2O6S. The van der Waals surface area contributed by atoms with Crippen LogP contribution in [0.3, 0.4) is 0 Å². The number of hydrogen-bond donors (Lipinski definition) is 0. The molecule has 0 saturated carbocycles. The Balaban J connectivity index is 2.22. The van der Waals surface area contributed by atoms with Gasteiger partial charge in [-0.1, -0.05) is 11.1 Å². The fourth-order valence-corrected chi connectivity index (χ4v) is 3.57. The van der Waals surface area contributed by atoms with E-state index in [9.17, 15) is 27.7 Å². The Morgan fingerprint density at radius 3 is 2.70 bits per heavy atom. The van der Waals surface area contributed by atoms with Gasteiger partial charge in [-0.25, -0.2) is 17.6 Å². The number of nitrogens with zero attached hydrogens (tertiary/aromatic N) is 2. The predicted molar refractivity (Wildman–Crippen MR) is 94.8 cm³/mol. The molecule has 1 heterocycles. The number of sulfone groups is 1. The van der Waals surface area contributed by atoms with Crippen LogP contribution in [0.25, 0.3) is 0 Å². The summed E-state index contributed by atoms with van der Waals surface area (Å²) in [7, 11) is -4.11. The molecule has 2 rings (SSSR count). The van der Waals surface area contributed by atoms with Crippen molar-refractivity contribution in [3.8, 4) is 11.8 Å². The van der Waals surface area contributed by atoms with Crippen LogP contribution < -0.4 is 0 Å². The average Bonchev–Trinajstić information content (AvgIpc) is 3.01. The molecule has 1 aliphatic rings. The van der Waals surface area contributed by atoms with Gasteiger partial charge in [0.15, 0.2) is 9.84 Å². The number of nitro groups is 1. The molecule has 1 aromatic rings. The van der Waals surface area contributed by atoms with Gasteiger partial charge in [0.25, 0.3) is 0 Å². The topological polar surface area (TPSA) is 116 Å². The molecule has 0 radical (unpaired) electrons. The maximum absolute atomic E-state index is 14.3. The highest BCUT2D eigenvalue weighted by Crippen LogP contribution is 2.30. The van der Waals surface area contributed by atoms with Crippen LogP contribution in [0.5, 0.6) is 0 Å². The van der Waals surface area contributed by atoms with Gasteiger partial charge in [-0.05, 0) is 32.0 Å². The Hall–Kier alpha value is -2.80. The monoisotopic (exact) mass is 396 g/mol. The van der Waals surface area contributed by atoms with Crippen molar-refractivity contribution in [2.24, 2.45) is 5.16 Å². The average molecular weight is 396 g/mol. The van der Waals surface area contributed by atoms with Crippen molar-refractivity contribution in [1.82, 2.24) is 0 Å². The molecule has 0 fully saturated rings. The molecular weight excluding hydrogens is 379 g/mol. The van der Waals surface area contributed by atoms with Crippen LogP contribution in [-0.2, 0) is 19.5 Å². The predicted octanol–water partition coefficient (Wildman–Crippen LogP) is 1.69. The van der Waals surface area contributed by atoms with E-state index in [1.54, 1.807) is 13.0 Å². The third kappa shape index (κ3) is 4.14. The van der Waals surface area contributed by atoms with Crippen molar-refractivity contribution in [2.75, 3.05) is 6.26 Å². The number of halogens is 1. The third-order valence-electron chi connectivity index (χ3n) is 4.34. The molecule has 1 aliphatic heterocycles. The standard InChI is InChI=1S/C17H17FN2O6S/c1-4-5-11-6-7-13(14(18)8-11)15-9-12(26-19-15)10-17(2,27(3,24)25)16(21)20(22)23/h6-8,12H,9-10H2,1-3H3/t12-,17-/m1/s1. The molecule has 0 spiro atoms. The Bertz CT molecular complexity index is 992. The molecule has 8 nitrogen and oxygen atoms in total. The lowest BCUT2D eigenvalue weighted by Crippen LogP contribution is -2.49. The number of oxime groups is 1. The van der Waals surface area contributed by atoms with Crippen molar-refractivity contribution < 1.29 is 27.4 Å². The fraction of sp³-hybridized carbons (Fsp3) is 0.412. The summed E-state index contributed by atoms with van der Waals surface area (Å²) < 4.78 is 36.0. The lowest BCUT2D eigenvalue weighted by molar-refractivity contribution is -0.405. The van der Waals surface area contributed by atoms with Gasteiger partial charge in [0.05, 0.1) is 5.71 Å². The Morgan fingerprint density at radius 2 is 2.19 bits per heavy atom. The van der Waals surface area contributed by atoms with E-state index in [0.717, 1.165) is 13.2 Å². The largest absolute Gasteiger partial charge is 0.465 e. The second kappa shape index (κ2) is 7.44. The number of carbonyl (C=O) groups excluding carboxylic acids is 1. The van der Waals surface area contributed by atoms with E-state index in [0.29, 0.717) is 5.56 Å². The smallest absolute Gasteiger partial charge is 0.392 e. The third-order valence-corrected chi connectivity index (χ3v) is 6.31. The van der Waals surface area contributed by atoms with E-state index in [4.69, 9.17) is 4.84 Å². The van der Waals surface area contributed by atoms with Crippen LogP contribution in [0, 0.1) is 27.8 Å². The first-order valence-electron chi connectivity index (χ1n) is 7.83. The zero-order valence-corrected chi connectivity index (χ0v) is 15.7. The van der Waals surface area contributed by atoms with Gasteiger partial charge in [0, 0.05) is 30.2 Å². The van der Waals surface area contributed by atoms with Crippen LogP contribution in [-0.4, -0.2) is 42.1 Å². The first kappa shape index (κ1) is 20.5. The van der Waals surface area contributed by atoms with Crippen LogP contribution in [0.4, 0.5) is 4.39 Å². The molecule has 27 heavy (non-hydrogen) atoms. The zero-order chi connectivity index (χ0) is 20.4. The van der Waals surface area contributed by atoms with E-state index in [1.165, 1.54) is 12.1 Å². The lowest BCUT2D eigenvalue weighted by Gasteiger charge is -2.22. The van der Waals surface area contributed by atoms with Crippen molar-refractivity contribution in [2.45, 2.75) is 37.5 Å². The van der Waals surface area contributed by atoms with Crippen LogP contribution >= 0.6 is 0 Å². The minimum Gasteiger partial charge on any atom is -0.392 e. The van der Waals surface area contributed by atoms with Gasteiger partial charge in [-0.3, -0.25) is 10.1 Å². The van der Waals surface area contributed by atoms with Gasteiger partial charge < -0.3 is 4.84 Å². The SMILES string of the molecule is CC#Cc1ccc(C2=NO[C@@H](C[C@](C)(C(=O)[N+](=O)[O-])S(C)(=O)=O)C2)c(F)c1. The quantitative estimate of drug-likeness (QED) is 0.425. The highest BCUT2D eigenvalue weighted by Gasteiger charge is 2.53. The minimum absolute atomic E-state index is 0.00578. The molecule has 0 aromatic heterocycles. The normalized spacial score (nSPS) is 18.5. The lowest BCUT2D eigenvalue weighted by atomic mass is 9.96. The van der Waals surface area contributed by atoms with Crippen LogP contribution in [0.1, 0.15) is 37.8 Å². The molecule has 10 heteroatoms. The van der Waals surface area contributed by atoms with Gasteiger partial charge in [-0.15, -0.1) is 5.92 Å². The minimum atomic E-state index is -4.11. The first-order chi connectivity index (χ1) is 12.5. The summed E-state index contributed by atoms with van der Waals surface area (Å²) >= 11 is 0. The van der Waals surface area contributed by atoms with Gasteiger partial charge in [0.1, 0.15) is 16.8 Å².